The van der Waals surface area contributed by atoms with E-state index in [1.807, 2.05) is 0 Å². The number of hydrogen-bond acceptors (Lipinski definition) is 7. The van der Waals surface area contributed by atoms with Crippen molar-refractivity contribution in [3.63, 3.8) is 0 Å². The van der Waals surface area contributed by atoms with Crippen LogP contribution < -0.4 is 5.73 Å². The van der Waals surface area contributed by atoms with Crippen molar-refractivity contribution in [3.8, 4) is 0 Å². The Morgan fingerprint density at radius 3 is 2.60 bits per heavy atom. The highest BCUT2D eigenvalue weighted by Crippen LogP contribution is 2.32. The Bertz CT molecular complexity index is 357. The second-order valence-electron chi connectivity index (χ2n) is 5.12. The quantitative estimate of drug-likeness (QED) is 0.491. The summed E-state index contributed by atoms with van der Waals surface area (Å²) >= 11 is 0. The summed E-state index contributed by atoms with van der Waals surface area (Å²) in [5.74, 6) is -2.30. The summed E-state index contributed by atoms with van der Waals surface area (Å²) in [7, 11) is 0. The number of nitrogens with two attached hydrogens (primary N) is 1. The minimum atomic E-state index is -0.875. The topological polar surface area (TPSA) is 108 Å². The van der Waals surface area contributed by atoms with Gasteiger partial charge in [-0.15, -0.1) is 0 Å². The van der Waals surface area contributed by atoms with Crippen molar-refractivity contribution in [2.75, 3.05) is 13.2 Å². The van der Waals surface area contributed by atoms with E-state index < -0.39 is 35.9 Å². The van der Waals surface area contributed by atoms with Crippen LogP contribution in [0.25, 0.3) is 0 Å². The highest BCUT2D eigenvalue weighted by Gasteiger charge is 2.44. The molecule has 0 aromatic carbocycles. The molecule has 0 aromatic heterocycles. The van der Waals surface area contributed by atoms with Crippen LogP contribution in [0.15, 0.2) is 0 Å². The molecule has 3 N–H and O–H groups in total. The summed E-state index contributed by atoms with van der Waals surface area (Å²) in [4.78, 5) is 22.8. The van der Waals surface area contributed by atoms with Gasteiger partial charge in [-0.05, 0) is 27.2 Å². The number of carbonyl (C=O) groups is 2. The van der Waals surface area contributed by atoms with Crippen molar-refractivity contribution in [2.45, 2.75) is 57.7 Å². The summed E-state index contributed by atoms with van der Waals surface area (Å²) in [5.41, 5.74) is 5.42. The van der Waals surface area contributed by atoms with E-state index in [9.17, 15) is 14.7 Å². The Balaban J connectivity index is 2.56. The molecule has 7 heteroatoms. The molecule has 0 radical (unpaired) electrons. The SMILES string of the molecule is CCOC(=O)C(=O)CCC1OC(C)(C)OC1[C@H](O)CN. The average Bonchev–Trinajstić information content (AvgIpc) is 2.70. The van der Waals surface area contributed by atoms with Gasteiger partial charge in [0.05, 0.1) is 18.8 Å². The largest absolute Gasteiger partial charge is 0.460 e. The summed E-state index contributed by atoms with van der Waals surface area (Å²) in [6.07, 6.45) is -1.72. The van der Waals surface area contributed by atoms with Crippen molar-refractivity contribution in [1.82, 2.24) is 0 Å². The van der Waals surface area contributed by atoms with Crippen molar-refractivity contribution in [1.29, 1.82) is 0 Å². The van der Waals surface area contributed by atoms with E-state index in [-0.39, 0.29) is 26.0 Å². The molecule has 0 bridgehead atoms. The zero-order chi connectivity index (χ0) is 15.3. The van der Waals surface area contributed by atoms with Gasteiger partial charge in [0.1, 0.15) is 6.10 Å². The van der Waals surface area contributed by atoms with Crippen LogP contribution >= 0.6 is 0 Å². The maximum atomic E-state index is 11.5. The lowest BCUT2D eigenvalue weighted by Crippen LogP contribution is -2.40. The summed E-state index contributed by atoms with van der Waals surface area (Å²) in [5, 5.41) is 9.81. The van der Waals surface area contributed by atoms with E-state index in [1.54, 1.807) is 20.8 Å². The fourth-order valence-corrected chi connectivity index (χ4v) is 2.13. The van der Waals surface area contributed by atoms with Gasteiger partial charge in [-0.2, -0.15) is 0 Å². The third-order valence-electron chi connectivity index (χ3n) is 3.00. The smallest absolute Gasteiger partial charge is 0.374 e. The monoisotopic (exact) mass is 289 g/mol. The Morgan fingerprint density at radius 2 is 2.05 bits per heavy atom. The first-order chi connectivity index (χ1) is 9.30. The Kier molecular flexibility index (Phi) is 6.07. The van der Waals surface area contributed by atoms with Crippen LogP contribution in [-0.4, -0.2) is 54.1 Å². The van der Waals surface area contributed by atoms with Gasteiger partial charge in [0.15, 0.2) is 5.79 Å². The third-order valence-corrected chi connectivity index (χ3v) is 3.00. The minimum Gasteiger partial charge on any atom is -0.460 e. The van der Waals surface area contributed by atoms with E-state index in [0.717, 1.165) is 0 Å². The number of hydrogen-bond donors (Lipinski definition) is 2. The molecule has 0 aromatic rings. The normalized spacial score (nSPS) is 26.2. The van der Waals surface area contributed by atoms with Gasteiger partial charge in [-0.1, -0.05) is 0 Å². The van der Waals surface area contributed by atoms with Crippen molar-refractivity contribution in [2.24, 2.45) is 5.73 Å². The lowest BCUT2D eigenvalue weighted by molar-refractivity contribution is -0.156. The molecule has 0 spiro atoms. The van der Waals surface area contributed by atoms with Crippen molar-refractivity contribution in [3.05, 3.63) is 0 Å². The fraction of sp³-hybridized carbons (Fsp3) is 0.846. The summed E-state index contributed by atoms with van der Waals surface area (Å²) in [6, 6.07) is 0. The van der Waals surface area contributed by atoms with Crippen LogP contribution in [0, 0.1) is 0 Å². The van der Waals surface area contributed by atoms with Crippen LogP contribution in [-0.2, 0) is 23.8 Å². The van der Waals surface area contributed by atoms with Gasteiger partial charge in [0.2, 0.25) is 5.78 Å². The molecule has 2 unspecified atom stereocenters. The van der Waals surface area contributed by atoms with Crippen LogP contribution in [0.4, 0.5) is 0 Å². The van der Waals surface area contributed by atoms with Crippen LogP contribution in [0.5, 0.6) is 0 Å². The first-order valence-electron chi connectivity index (χ1n) is 6.74. The lowest BCUT2D eigenvalue weighted by atomic mass is 10.0. The third kappa shape index (κ3) is 4.52. The van der Waals surface area contributed by atoms with E-state index in [2.05, 4.69) is 4.74 Å². The lowest BCUT2D eigenvalue weighted by Gasteiger charge is -2.20. The van der Waals surface area contributed by atoms with E-state index in [4.69, 9.17) is 15.2 Å². The molecule has 0 aliphatic carbocycles. The number of rotatable bonds is 7. The molecular formula is C13H23NO6. The summed E-state index contributed by atoms with van der Waals surface area (Å²) < 4.78 is 15.8. The number of aliphatic hydroxyl groups is 1. The molecule has 1 aliphatic heterocycles. The van der Waals surface area contributed by atoms with Crippen molar-refractivity contribution < 1.29 is 28.9 Å². The highest BCUT2D eigenvalue weighted by molar-refractivity contribution is 6.33. The molecule has 3 atom stereocenters. The van der Waals surface area contributed by atoms with Crippen LogP contribution in [0.3, 0.4) is 0 Å². The molecular weight excluding hydrogens is 266 g/mol. The van der Waals surface area contributed by atoms with Gasteiger partial charge in [0, 0.05) is 13.0 Å². The van der Waals surface area contributed by atoms with E-state index in [1.165, 1.54) is 0 Å². The molecule has 7 nitrogen and oxygen atoms in total. The van der Waals surface area contributed by atoms with Crippen LogP contribution in [0.1, 0.15) is 33.6 Å². The molecule has 1 aliphatic rings. The molecule has 1 rings (SSSR count). The van der Waals surface area contributed by atoms with Crippen LogP contribution in [0.2, 0.25) is 0 Å². The average molecular weight is 289 g/mol. The molecule has 1 heterocycles. The molecule has 1 saturated heterocycles. The zero-order valence-corrected chi connectivity index (χ0v) is 12.1. The summed E-state index contributed by atoms with van der Waals surface area (Å²) in [6.45, 7) is 5.27. The molecule has 0 saturated carbocycles. The van der Waals surface area contributed by atoms with E-state index >= 15 is 0 Å². The standard InChI is InChI=1S/C13H23NO6/c1-4-18-12(17)8(15)5-6-10-11(9(16)7-14)20-13(2,3)19-10/h9-11,16H,4-7,14H2,1-3H3/t9-,10?,11?/m1/s1. The first-order valence-corrected chi connectivity index (χ1v) is 6.74. The molecule has 116 valence electrons. The number of carbonyl (C=O) groups excluding carboxylic acids is 2. The van der Waals surface area contributed by atoms with Gasteiger partial charge < -0.3 is 25.1 Å². The van der Waals surface area contributed by atoms with E-state index in [0.29, 0.717) is 0 Å². The Hall–Kier alpha value is -1.02. The Labute approximate surface area is 118 Å². The van der Waals surface area contributed by atoms with Gasteiger partial charge in [0.25, 0.3) is 0 Å². The number of esters is 1. The number of ether oxygens (including phenoxy) is 3. The van der Waals surface area contributed by atoms with Gasteiger partial charge in [-0.25, -0.2) is 4.79 Å². The second kappa shape index (κ2) is 7.12. The molecule has 20 heavy (non-hydrogen) atoms. The van der Waals surface area contributed by atoms with Gasteiger partial charge >= 0.3 is 5.97 Å². The highest BCUT2D eigenvalue weighted by atomic mass is 16.8. The number of Topliss-reactive ketones (excluding diaryl/α,β-unsaturated/α-hetero) is 1. The Morgan fingerprint density at radius 1 is 1.40 bits per heavy atom. The van der Waals surface area contributed by atoms with Gasteiger partial charge in [-0.3, -0.25) is 4.79 Å². The molecule has 1 fully saturated rings. The van der Waals surface area contributed by atoms with Crippen molar-refractivity contribution >= 4 is 11.8 Å². The predicted octanol–water partition coefficient (Wildman–Crippen LogP) is -0.261. The minimum absolute atomic E-state index is 0.0171. The fourth-order valence-electron chi connectivity index (χ4n) is 2.13. The predicted molar refractivity (Wildman–Crippen MR) is 69.8 cm³/mol. The number of ketones is 1. The maximum absolute atomic E-state index is 11.5. The zero-order valence-electron chi connectivity index (χ0n) is 12.1. The number of aliphatic hydroxyl groups excluding tert-OH is 1. The first kappa shape index (κ1) is 17.0. The second-order valence-corrected chi connectivity index (χ2v) is 5.12. The maximum Gasteiger partial charge on any atom is 0.374 e. The molecule has 0 amide bonds.